The Balaban J connectivity index is 2.28. The standard InChI is InChI=1S/C11H12F2N4O/c1-7(18)9-5-16(8(2)15-9)6-10-14-3-4-17(10)11(12)13/h3-5,11H,6H2,1-2H3. The first-order valence-corrected chi connectivity index (χ1v) is 5.33. The smallest absolute Gasteiger partial charge is 0.319 e. The summed E-state index contributed by atoms with van der Waals surface area (Å²) in [6.45, 7) is 0.649. The Morgan fingerprint density at radius 1 is 1.50 bits per heavy atom. The van der Waals surface area contributed by atoms with Gasteiger partial charge in [0, 0.05) is 25.5 Å². The van der Waals surface area contributed by atoms with Crippen molar-refractivity contribution in [1.82, 2.24) is 19.1 Å². The highest BCUT2D eigenvalue weighted by molar-refractivity contribution is 5.91. The molecule has 18 heavy (non-hydrogen) atoms. The predicted molar refractivity (Wildman–Crippen MR) is 59.6 cm³/mol. The second-order valence-electron chi connectivity index (χ2n) is 3.89. The average Bonchev–Trinajstić information content (AvgIpc) is 2.87. The second-order valence-corrected chi connectivity index (χ2v) is 3.89. The van der Waals surface area contributed by atoms with Gasteiger partial charge in [0.25, 0.3) is 0 Å². The van der Waals surface area contributed by atoms with Crippen molar-refractivity contribution in [2.45, 2.75) is 26.9 Å². The van der Waals surface area contributed by atoms with Crippen molar-refractivity contribution in [3.8, 4) is 0 Å². The zero-order valence-corrected chi connectivity index (χ0v) is 9.97. The van der Waals surface area contributed by atoms with Gasteiger partial charge >= 0.3 is 6.55 Å². The Labute approximate surface area is 102 Å². The molecule has 2 rings (SSSR count). The summed E-state index contributed by atoms with van der Waals surface area (Å²) >= 11 is 0. The van der Waals surface area contributed by atoms with Crippen LogP contribution in [0.1, 0.15) is 35.6 Å². The fraction of sp³-hybridized carbons (Fsp3) is 0.364. The highest BCUT2D eigenvalue weighted by atomic mass is 19.3. The Morgan fingerprint density at radius 2 is 2.22 bits per heavy atom. The molecule has 7 heteroatoms. The second kappa shape index (κ2) is 4.67. The summed E-state index contributed by atoms with van der Waals surface area (Å²) in [4.78, 5) is 19.1. The topological polar surface area (TPSA) is 52.7 Å². The van der Waals surface area contributed by atoms with Gasteiger partial charge in [-0.1, -0.05) is 0 Å². The van der Waals surface area contributed by atoms with Crippen LogP contribution in [-0.4, -0.2) is 24.9 Å². The zero-order valence-electron chi connectivity index (χ0n) is 9.97. The lowest BCUT2D eigenvalue weighted by Gasteiger charge is -2.07. The average molecular weight is 254 g/mol. The normalized spacial score (nSPS) is 11.2. The monoisotopic (exact) mass is 254 g/mol. The molecule has 0 aliphatic heterocycles. The van der Waals surface area contributed by atoms with E-state index in [-0.39, 0.29) is 18.2 Å². The van der Waals surface area contributed by atoms with E-state index in [9.17, 15) is 13.6 Å². The van der Waals surface area contributed by atoms with Crippen LogP contribution in [0.4, 0.5) is 8.78 Å². The van der Waals surface area contributed by atoms with Crippen LogP contribution in [0.5, 0.6) is 0 Å². The first kappa shape index (κ1) is 12.4. The van der Waals surface area contributed by atoms with Crippen molar-refractivity contribution in [3.63, 3.8) is 0 Å². The molecular formula is C11H12F2N4O. The molecule has 0 radical (unpaired) electrons. The van der Waals surface area contributed by atoms with E-state index in [1.807, 2.05) is 0 Å². The van der Waals surface area contributed by atoms with Crippen LogP contribution in [0.2, 0.25) is 0 Å². The SMILES string of the molecule is CC(=O)c1cn(Cc2nccn2C(F)F)c(C)n1. The number of hydrogen-bond acceptors (Lipinski definition) is 3. The van der Waals surface area contributed by atoms with Crippen molar-refractivity contribution >= 4 is 5.78 Å². The molecule has 0 spiro atoms. The van der Waals surface area contributed by atoms with Gasteiger partial charge in [-0.25, -0.2) is 9.97 Å². The molecule has 96 valence electrons. The van der Waals surface area contributed by atoms with E-state index in [0.29, 0.717) is 11.5 Å². The first-order valence-electron chi connectivity index (χ1n) is 5.33. The molecule has 0 bridgehead atoms. The fourth-order valence-corrected chi connectivity index (χ4v) is 1.63. The zero-order chi connectivity index (χ0) is 13.3. The third kappa shape index (κ3) is 2.29. The molecule has 2 heterocycles. The van der Waals surface area contributed by atoms with Gasteiger partial charge < -0.3 is 4.57 Å². The van der Waals surface area contributed by atoms with Gasteiger partial charge in [0.2, 0.25) is 0 Å². The third-order valence-electron chi connectivity index (χ3n) is 2.61. The van der Waals surface area contributed by atoms with E-state index in [4.69, 9.17) is 0 Å². The molecule has 2 aromatic rings. The molecule has 0 amide bonds. The number of Topliss-reactive ketones (excluding diaryl/α,β-unsaturated/α-hetero) is 1. The summed E-state index contributed by atoms with van der Waals surface area (Å²) in [5.41, 5.74) is 0.322. The number of rotatable bonds is 4. The quantitative estimate of drug-likeness (QED) is 0.784. The molecule has 5 nitrogen and oxygen atoms in total. The molecule has 0 fully saturated rings. The molecule has 2 aromatic heterocycles. The number of ketones is 1. The van der Waals surface area contributed by atoms with E-state index in [1.165, 1.54) is 19.3 Å². The minimum Gasteiger partial charge on any atom is -0.327 e. The minimum absolute atomic E-state index is 0.156. The number of carbonyl (C=O) groups excluding carboxylic acids is 1. The third-order valence-corrected chi connectivity index (χ3v) is 2.61. The summed E-state index contributed by atoms with van der Waals surface area (Å²) in [6, 6.07) is 0. The van der Waals surface area contributed by atoms with Crippen LogP contribution in [0.15, 0.2) is 18.6 Å². The van der Waals surface area contributed by atoms with E-state index < -0.39 is 6.55 Å². The maximum atomic E-state index is 12.6. The van der Waals surface area contributed by atoms with Crippen molar-refractivity contribution in [2.75, 3.05) is 0 Å². The van der Waals surface area contributed by atoms with E-state index in [2.05, 4.69) is 9.97 Å². The minimum atomic E-state index is -2.63. The van der Waals surface area contributed by atoms with Gasteiger partial charge in [-0.15, -0.1) is 0 Å². The molecule has 0 aromatic carbocycles. The highest BCUT2D eigenvalue weighted by Gasteiger charge is 2.14. The van der Waals surface area contributed by atoms with Crippen LogP contribution in [-0.2, 0) is 6.54 Å². The van der Waals surface area contributed by atoms with Gasteiger partial charge in [-0.3, -0.25) is 9.36 Å². The molecular weight excluding hydrogens is 242 g/mol. The molecule has 0 N–H and O–H groups in total. The molecule has 0 saturated heterocycles. The van der Waals surface area contributed by atoms with Crippen molar-refractivity contribution in [1.29, 1.82) is 0 Å². The number of aromatic nitrogens is 4. The van der Waals surface area contributed by atoms with Gasteiger partial charge in [0.05, 0.1) is 6.54 Å². The summed E-state index contributed by atoms with van der Waals surface area (Å²) in [5.74, 6) is 0.652. The number of nitrogens with zero attached hydrogens (tertiary/aromatic N) is 4. The Hall–Kier alpha value is -2.05. The van der Waals surface area contributed by atoms with Gasteiger partial charge in [0.15, 0.2) is 5.78 Å². The summed E-state index contributed by atoms with van der Waals surface area (Å²) < 4.78 is 27.7. The Bertz CT molecular complexity index is 573. The largest absolute Gasteiger partial charge is 0.327 e. The maximum absolute atomic E-state index is 12.6. The number of hydrogen-bond donors (Lipinski definition) is 0. The van der Waals surface area contributed by atoms with E-state index in [1.54, 1.807) is 17.7 Å². The van der Waals surface area contributed by atoms with Crippen LogP contribution >= 0.6 is 0 Å². The lowest BCUT2D eigenvalue weighted by Crippen LogP contribution is -2.09. The molecule has 0 aliphatic carbocycles. The Kier molecular flexibility index (Phi) is 3.22. The number of carbonyl (C=O) groups is 1. The maximum Gasteiger partial charge on any atom is 0.319 e. The van der Waals surface area contributed by atoms with Crippen molar-refractivity contribution in [3.05, 3.63) is 35.9 Å². The summed E-state index contributed by atoms with van der Waals surface area (Å²) in [7, 11) is 0. The van der Waals surface area contributed by atoms with Crippen LogP contribution in [0, 0.1) is 6.92 Å². The molecule has 0 unspecified atom stereocenters. The lowest BCUT2D eigenvalue weighted by molar-refractivity contribution is 0.0666. The van der Waals surface area contributed by atoms with Crippen LogP contribution in [0.3, 0.4) is 0 Å². The first-order chi connectivity index (χ1) is 8.49. The number of aryl methyl sites for hydroxylation is 1. The van der Waals surface area contributed by atoms with Crippen LogP contribution < -0.4 is 0 Å². The van der Waals surface area contributed by atoms with E-state index >= 15 is 0 Å². The highest BCUT2D eigenvalue weighted by Crippen LogP contribution is 2.14. The molecule has 0 aliphatic rings. The van der Waals surface area contributed by atoms with Gasteiger partial charge in [-0.2, -0.15) is 8.78 Å². The van der Waals surface area contributed by atoms with Gasteiger partial charge in [-0.05, 0) is 6.92 Å². The number of imidazole rings is 2. The van der Waals surface area contributed by atoms with Crippen LogP contribution in [0.25, 0.3) is 0 Å². The number of halogens is 2. The van der Waals surface area contributed by atoms with Crippen molar-refractivity contribution in [2.24, 2.45) is 0 Å². The summed E-state index contributed by atoms with van der Waals surface area (Å²) in [5, 5.41) is 0. The predicted octanol–water partition coefficient (Wildman–Crippen LogP) is 2.03. The van der Waals surface area contributed by atoms with Gasteiger partial charge in [0.1, 0.15) is 17.3 Å². The van der Waals surface area contributed by atoms with Crippen molar-refractivity contribution < 1.29 is 13.6 Å². The summed E-state index contributed by atoms with van der Waals surface area (Å²) in [6.07, 6.45) is 4.08. The lowest BCUT2D eigenvalue weighted by atomic mass is 10.3. The van der Waals surface area contributed by atoms with E-state index in [0.717, 1.165) is 4.57 Å². The fourth-order valence-electron chi connectivity index (χ4n) is 1.63. The Morgan fingerprint density at radius 3 is 2.78 bits per heavy atom. The molecule has 0 saturated carbocycles. The number of alkyl halides is 2. The molecule has 0 atom stereocenters.